The second-order valence-corrected chi connectivity index (χ2v) is 8.19. The molecule has 0 unspecified atom stereocenters. The first-order valence-corrected chi connectivity index (χ1v) is 11.1. The van der Waals surface area contributed by atoms with Crippen molar-refractivity contribution in [2.45, 2.75) is 13.1 Å². The van der Waals surface area contributed by atoms with Crippen LogP contribution in [0, 0.1) is 0 Å². The van der Waals surface area contributed by atoms with Gasteiger partial charge in [-0.1, -0.05) is 60.7 Å². The third-order valence-electron chi connectivity index (χ3n) is 4.97. The van der Waals surface area contributed by atoms with Gasteiger partial charge in [0.2, 0.25) is 5.75 Å². The van der Waals surface area contributed by atoms with Crippen molar-refractivity contribution in [3.63, 3.8) is 0 Å². The molecule has 9 nitrogen and oxygen atoms in total. The Kier molecular flexibility index (Phi) is 6.69. The van der Waals surface area contributed by atoms with Gasteiger partial charge in [-0.15, -0.1) is 11.3 Å². The lowest BCUT2D eigenvalue weighted by molar-refractivity contribution is 0.0942. The molecule has 4 rings (SSSR count). The van der Waals surface area contributed by atoms with Crippen LogP contribution in [-0.2, 0) is 13.1 Å². The Labute approximate surface area is 198 Å². The third-order valence-corrected chi connectivity index (χ3v) is 5.88. The minimum atomic E-state index is -1.19. The molecule has 4 aromatic rings. The van der Waals surface area contributed by atoms with E-state index in [4.69, 9.17) is 0 Å². The van der Waals surface area contributed by atoms with Crippen LogP contribution in [0.5, 0.6) is 5.75 Å². The molecule has 2 aromatic heterocycles. The largest absolute Gasteiger partial charge is 0.501 e. The number of hydrogen-bond acceptors (Lipinski definition) is 6. The van der Waals surface area contributed by atoms with Crippen molar-refractivity contribution in [3.05, 3.63) is 99.3 Å². The van der Waals surface area contributed by atoms with Crippen LogP contribution in [0.25, 0.3) is 10.7 Å². The molecule has 2 heterocycles. The van der Waals surface area contributed by atoms with Crippen molar-refractivity contribution in [1.82, 2.24) is 15.3 Å². The molecule has 10 heteroatoms. The van der Waals surface area contributed by atoms with E-state index in [1.807, 2.05) is 48.5 Å². The van der Waals surface area contributed by atoms with Crippen molar-refractivity contribution in [3.8, 4) is 16.5 Å². The van der Waals surface area contributed by atoms with E-state index in [1.165, 1.54) is 0 Å². The van der Waals surface area contributed by atoms with Gasteiger partial charge in [0.1, 0.15) is 0 Å². The minimum absolute atomic E-state index is 0.0167. The quantitative estimate of drug-likeness (QED) is 0.320. The molecule has 0 spiro atoms. The third kappa shape index (κ3) is 4.97. The van der Waals surface area contributed by atoms with E-state index < -0.39 is 29.0 Å². The Morgan fingerprint density at radius 2 is 1.65 bits per heavy atom. The van der Waals surface area contributed by atoms with Crippen molar-refractivity contribution in [1.29, 1.82) is 0 Å². The molecular weight excluding hydrogens is 456 g/mol. The Hall–Kier alpha value is -4.44. The number of aromatic nitrogens is 2. The van der Waals surface area contributed by atoms with Gasteiger partial charge in [0.15, 0.2) is 11.5 Å². The number of carbonyl (C=O) groups excluding carboxylic acids is 1. The lowest BCUT2D eigenvalue weighted by Crippen LogP contribution is -2.29. The van der Waals surface area contributed by atoms with Gasteiger partial charge in [0, 0.05) is 6.54 Å². The van der Waals surface area contributed by atoms with Gasteiger partial charge in [-0.05, 0) is 22.6 Å². The topological polar surface area (TPSA) is 136 Å². The Bertz CT molecular complexity index is 1370. The van der Waals surface area contributed by atoms with Crippen molar-refractivity contribution < 1.29 is 19.8 Å². The van der Waals surface area contributed by atoms with E-state index in [9.17, 15) is 24.6 Å². The summed E-state index contributed by atoms with van der Waals surface area (Å²) in [6.45, 7) is 0.254. The molecule has 0 radical (unpaired) electrons. The van der Waals surface area contributed by atoms with E-state index in [0.29, 0.717) is 10.6 Å². The van der Waals surface area contributed by atoms with Crippen LogP contribution in [0.4, 0.5) is 10.5 Å². The molecule has 0 aliphatic heterocycles. The number of hydrogen-bond donors (Lipinski definition) is 4. The van der Waals surface area contributed by atoms with Gasteiger partial charge in [-0.3, -0.25) is 14.5 Å². The summed E-state index contributed by atoms with van der Waals surface area (Å²) in [6.07, 6.45) is -1.19. The maximum absolute atomic E-state index is 12.7. The molecule has 0 saturated heterocycles. The molecule has 0 saturated carbocycles. The van der Waals surface area contributed by atoms with E-state index in [1.54, 1.807) is 23.6 Å². The average Bonchev–Trinajstić information content (AvgIpc) is 3.33. The zero-order valence-corrected chi connectivity index (χ0v) is 18.6. The summed E-state index contributed by atoms with van der Waals surface area (Å²) in [4.78, 5) is 45.2. The van der Waals surface area contributed by atoms with Crippen molar-refractivity contribution in [2.24, 2.45) is 0 Å². The zero-order valence-electron chi connectivity index (χ0n) is 17.8. The number of carboxylic acid groups (broad SMARTS) is 1. The summed E-state index contributed by atoms with van der Waals surface area (Å²) in [6, 6.07) is 19.8. The van der Waals surface area contributed by atoms with Crippen LogP contribution in [-0.4, -0.2) is 32.2 Å². The van der Waals surface area contributed by atoms with E-state index in [-0.39, 0.29) is 18.9 Å². The van der Waals surface area contributed by atoms with E-state index in [2.05, 4.69) is 15.3 Å². The van der Waals surface area contributed by atoms with E-state index >= 15 is 0 Å². The fraction of sp³-hybridized carbons (Fsp3) is 0.0833. The molecule has 172 valence electrons. The number of nitrogens with zero attached hydrogens (tertiary/aromatic N) is 2. The van der Waals surface area contributed by atoms with Crippen molar-refractivity contribution >= 4 is 29.0 Å². The van der Waals surface area contributed by atoms with Gasteiger partial charge >= 0.3 is 6.09 Å². The second kappa shape index (κ2) is 10.0. The van der Waals surface area contributed by atoms with Crippen LogP contribution in [0.1, 0.15) is 21.6 Å². The fourth-order valence-corrected chi connectivity index (χ4v) is 4.15. The number of H-pyrrole nitrogens is 1. The number of benzene rings is 2. The molecule has 0 atom stereocenters. The highest BCUT2D eigenvalue weighted by molar-refractivity contribution is 7.14. The summed E-state index contributed by atoms with van der Waals surface area (Å²) >= 11 is 1.15. The first kappa shape index (κ1) is 22.7. The van der Waals surface area contributed by atoms with Gasteiger partial charge in [0.25, 0.3) is 11.5 Å². The summed E-state index contributed by atoms with van der Waals surface area (Å²) in [5.41, 5.74) is 0.554. The second-order valence-electron chi connectivity index (χ2n) is 7.27. The maximum atomic E-state index is 12.7. The highest BCUT2D eigenvalue weighted by atomic mass is 32.1. The van der Waals surface area contributed by atoms with Gasteiger partial charge in [0.05, 0.1) is 17.1 Å². The lowest BCUT2D eigenvalue weighted by Gasteiger charge is -2.20. The maximum Gasteiger partial charge on any atom is 0.412 e. The lowest BCUT2D eigenvalue weighted by atomic mass is 10.2. The normalized spacial score (nSPS) is 10.6. The molecule has 0 bridgehead atoms. The molecule has 0 aliphatic carbocycles. The standard InChI is InChI=1S/C24H20N4O5S/c29-19-18(22(30)25-13-15-7-3-1-4-8-15)26-21(27-23(19)31)20-17(11-12-34-20)28(24(32)33)14-16-9-5-2-6-10-16/h1-12,29H,13-14H2,(H,25,30)(H,32,33)(H,26,27,31). The number of thiophene rings is 1. The number of aromatic amines is 1. The first-order chi connectivity index (χ1) is 16.4. The number of amides is 2. The van der Waals surface area contributed by atoms with Gasteiger partial charge in [-0.2, -0.15) is 0 Å². The molecule has 34 heavy (non-hydrogen) atoms. The van der Waals surface area contributed by atoms with Crippen LogP contribution in [0.2, 0.25) is 0 Å². The number of aromatic hydroxyl groups is 1. The summed E-state index contributed by atoms with van der Waals surface area (Å²) in [5.74, 6) is -1.56. The summed E-state index contributed by atoms with van der Waals surface area (Å²) < 4.78 is 0. The SMILES string of the molecule is O=C(NCc1ccccc1)c1nc(-c2sccc2N(Cc2ccccc2)C(=O)O)[nH]c(=O)c1O. The van der Waals surface area contributed by atoms with Gasteiger partial charge in [-0.25, -0.2) is 9.78 Å². The number of nitrogens with one attached hydrogen (secondary N) is 2. The number of anilines is 1. The minimum Gasteiger partial charge on any atom is -0.501 e. The van der Waals surface area contributed by atoms with Crippen LogP contribution >= 0.6 is 11.3 Å². The van der Waals surface area contributed by atoms with Crippen LogP contribution in [0.15, 0.2) is 76.9 Å². The predicted molar refractivity (Wildman–Crippen MR) is 128 cm³/mol. The molecule has 0 fully saturated rings. The first-order valence-electron chi connectivity index (χ1n) is 10.2. The number of rotatable bonds is 7. The predicted octanol–water partition coefficient (Wildman–Crippen LogP) is 3.82. The highest BCUT2D eigenvalue weighted by Crippen LogP contribution is 2.35. The number of carbonyl (C=O) groups is 2. The Morgan fingerprint density at radius 3 is 2.29 bits per heavy atom. The fourth-order valence-electron chi connectivity index (χ4n) is 3.31. The molecule has 4 N–H and O–H groups in total. The molecule has 2 amide bonds. The average molecular weight is 477 g/mol. The van der Waals surface area contributed by atoms with Crippen LogP contribution in [0.3, 0.4) is 0 Å². The Balaban J connectivity index is 1.66. The summed E-state index contributed by atoms with van der Waals surface area (Å²) in [7, 11) is 0. The van der Waals surface area contributed by atoms with E-state index in [0.717, 1.165) is 27.4 Å². The van der Waals surface area contributed by atoms with Crippen molar-refractivity contribution in [2.75, 3.05) is 4.90 Å². The van der Waals surface area contributed by atoms with Crippen LogP contribution < -0.4 is 15.8 Å². The Morgan fingerprint density at radius 1 is 1.00 bits per heavy atom. The smallest absolute Gasteiger partial charge is 0.412 e. The molecule has 2 aromatic carbocycles. The monoisotopic (exact) mass is 476 g/mol. The van der Waals surface area contributed by atoms with Gasteiger partial charge < -0.3 is 20.5 Å². The highest BCUT2D eigenvalue weighted by Gasteiger charge is 2.24. The molecular formula is C24H20N4O5S. The zero-order chi connectivity index (χ0) is 24.1. The summed E-state index contributed by atoms with van der Waals surface area (Å²) in [5, 5.41) is 24.3. The molecule has 0 aliphatic rings.